The first-order chi connectivity index (χ1) is 12.6. The summed E-state index contributed by atoms with van der Waals surface area (Å²) in [5.41, 5.74) is 5.25. The van der Waals surface area contributed by atoms with Gasteiger partial charge in [-0.25, -0.2) is 0 Å². The standard InChI is InChI=1S/C22H28N2OS.ClH/c1-16-3-4-17(2)19(11-16)12-21(25)24(14-18-5-10-26-15-18)20-13-22(20)6-8-23-9-7-22;/h3-5,10-11,15,20,23H,6-9,12-14H2,1-2H3;1H. The molecule has 1 aliphatic heterocycles. The van der Waals surface area contributed by atoms with E-state index in [9.17, 15) is 4.79 Å². The van der Waals surface area contributed by atoms with Gasteiger partial charge in [0.25, 0.3) is 0 Å². The van der Waals surface area contributed by atoms with E-state index >= 15 is 0 Å². The summed E-state index contributed by atoms with van der Waals surface area (Å²) < 4.78 is 0. The van der Waals surface area contributed by atoms with Crippen LogP contribution in [0.15, 0.2) is 35.0 Å². The van der Waals surface area contributed by atoms with Crippen LogP contribution in [0, 0.1) is 19.3 Å². The first-order valence-corrected chi connectivity index (χ1v) is 10.6. The van der Waals surface area contributed by atoms with Crippen molar-refractivity contribution in [3.8, 4) is 0 Å². The third-order valence-corrected chi connectivity index (χ3v) is 6.95. The smallest absolute Gasteiger partial charge is 0.227 e. The van der Waals surface area contributed by atoms with Crippen LogP contribution in [-0.4, -0.2) is 29.9 Å². The molecule has 1 aliphatic carbocycles. The zero-order chi connectivity index (χ0) is 18.1. The molecule has 1 unspecified atom stereocenters. The Labute approximate surface area is 172 Å². The Hall–Kier alpha value is -1.36. The van der Waals surface area contributed by atoms with Crippen LogP contribution in [0.1, 0.15) is 41.5 Å². The maximum atomic E-state index is 13.3. The molecule has 4 rings (SSSR count). The molecule has 1 aromatic heterocycles. The van der Waals surface area contributed by atoms with Crippen LogP contribution in [0.5, 0.6) is 0 Å². The van der Waals surface area contributed by atoms with Crippen molar-refractivity contribution in [1.82, 2.24) is 10.2 Å². The quantitative estimate of drug-likeness (QED) is 0.795. The molecule has 27 heavy (non-hydrogen) atoms. The summed E-state index contributed by atoms with van der Waals surface area (Å²) in [6.07, 6.45) is 4.10. The van der Waals surface area contributed by atoms with Crippen molar-refractivity contribution in [2.24, 2.45) is 5.41 Å². The lowest BCUT2D eigenvalue weighted by Crippen LogP contribution is -2.39. The summed E-state index contributed by atoms with van der Waals surface area (Å²) >= 11 is 1.71. The van der Waals surface area contributed by atoms with E-state index in [1.807, 2.05) is 0 Å². The molecular formula is C22H29ClN2OS. The predicted octanol–water partition coefficient (Wildman–Crippen LogP) is 4.50. The molecule has 2 aliphatic rings. The molecule has 5 heteroatoms. The molecule has 1 saturated heterocycles. The van der Waals surface area contributed by atoms with Gasteiger partial charge < -0.3 is 10.2 Å². The van der Waals surface area contributed by atoms with Crippen LogP contribution in [-0.2, 0) is 17.8 Å². The Bertz CT molecular complexity index is 784. The summed E-state index contributed by atoms with van der Waals surface area (Å²) in [4.78, 5) is 15.5. The van der Waals surface area contributed by atoms with Gasteiger partial charge in [-0.15, -0.1) is 12.4 Å². The maximum Gasteiger partial charge on any atom is 0.227 e. The highest BCUT2D eigenvalue weighted by Gasteiger charge is 2.57. The summed E-state index contributed by atoms with van der Waals surface area (Å²) in [7, 11) is 0. The van der Waals surface area contributed by atoms with Crippen LogP contribution in [0.3, 0.4) is 0 Å². The minimum Gasteiger partial charge on any atom is -0.334 e. The average molecular weight is 405 g/mol. The largest absolute Gasteiger partial charge is 0.334 e. The number of nitrogens with zero attached hydrogens (tertiary/aromatic N) is 1. The fraction of sp³-hybridized carbons (Fsp3) is 0.500. The second kappa shape index (κ2) is 8.34. The molecule has 1 atom stereocenters. The highest BCUT2D eigenvalue weighted by molar-refractivity contribution is 7.07. The number of halogens is 1. The second-order valence-electron chi connectivity index (χ2n) is 8.09. The predicted molar refractivity (Wildman–Crippen MR) is 115 cm³/mol. The van der Waals surface area contributed by atoms with Crippen LogP contribution in [0.2, 0.25) is 0 Å². The summed E-state index contributed by atoms with van der Waals surface area (Å²) in [5, 5.41) is 7.75. The van der Waals surface area contributed by atoms with Crippen LogP contribution < -0.4 is 5.32 Å². The van der Waals surface area contributed by atoms with Gasteiger partial charge in [0.15, 0.2) is 0 Å². The minimum atomic E-state index is 0. The van der Waals surface area contributed by atoms with Crippen molar-refractivity contribution in [2.75, 3.05) is 13.1 Å². The third-order valence-electron chi connectivity index (χ3n) is 6.22. The van der Waals surface area contributed by atoms with E-state index in [0.717, 1.165) is 19.6 Å². The summed E-state index contributed by atoms with van der Waals surface area (Å²) in [6.45, 7) is 7.15. The molecule has 2 aromatic rings. The first-order valence-electron chi connectivity index (χ1n) is 9.65. The van der Waals surface area contributed by atoms with E-state index in [2.05, 4.69) is 59.1 Å². The topological polar surface area (TPSA) is 32.3 Å². The molecule has 1 amide bonds. The fourth-order valence-electron chi connectivity index (χ4n) is 4.44. The van der Waals surface area contributed by atoms with E-state index < -0.39 is 0 Å². The lowest BCUT2D eigenvalue weighted by molar-refractivity contribution is -0.132. The van der Waals surface area contributed by atoms with Gasteiger partial charge in [0.2, 0.25) is 5.91 Å². The first kappa shape index (κ1) is 20.4. The number of thiophene rings is 1. The number of nitrogens with one attached hydrogen (secondary N) is 1. The Morgan fingerprint density at radius 3 is 2.74 bits per heavy atom. The van der Waals surface area contributed by atoms with Gasteiger partial charge >= 0.3 is 0 Å². The van der Waals surface area contributed by atoms with Crippen molar-refractivity contribution in [2.45, 2.75) is 52.1 Å². The molecule has 1 spiro atoms. The van der Waals surface area contributed by atoms with Gasteiger partial charge in [-0.2, -0.15) is 11.3 Å². The van der Waals surface area contributed by atoms with Crippen LogP contribution >= 0.6 is 23.7 Å². The van der Waals surface area contributed by atoms with Crippen molar-refractivity contribution >= 4 is 29.7 Å². The van der Waals surface area contributed by atoms with E-state index in [1.54, 1.807) is 11.3 Å². The van der Waals surface area contributed by atoms with Gasteiger partial charge in [0.05, 0.1) is 6.42 Å². The number of carbonyl (C=O) groups excluding carboxylic acids is 1. The molecule has 1 aromatic carbocycles. The number of benzene rings is 1. The number of hydrogen-bond acceptors (Lipinski definition) is 3. The van der Waals surface area contributed by atoms with Gasteiger partial charge in [-0.3, -0.25) is 4.79 Å². The van der Waals surface area contributed by atoms with Gasteiger partial charge in [0, 0.05) is 12.6 Å². The molecule has 1 N–H and O–H groups in total. The number of hydrogen-bond donors (Lipinski definition) is 1. The lowest BCUT2D eigenvalue weighted by atomic mass is 9.93. The molecule has 0 bridgehead atoms. The highest BCUT2D eigenvalue weighted by Crippen LogP contribution is 2.56. The lowest BCUT2D eigenvalue weighted by Gasteiger charge is -2.30. The van der Waals surface area contributed by atoms with Crippen molar-refractivity contribution < 1.29 is 4.79 Å². The zero-order valence-corrected chi connectivity index (χ0v) is 17.8. The van der Waals surface area contributed by atoms with Crippen LogP contribution in [0.25, 0.3) is 0 Å². The van der Waals surface area contributed by atoms with E-state index in [1.165, 1.54) is 41.5 Å². The molecular weight excluding hydrogens is 376 g/mol. The SMILES string of the molecule is Cc1ccc(C)c(CC(=O)N(Cc2ccsc2)C2CC23CCNCC3)c1.Cl. The number of carbonyl (C=O) groups is 1. The Kier molecular flexibility index (Phi) is 6.29. The summed E-state index contributed by atoms with van der Waals surface area (Å²) in [5.74, 6) is 0.283. The van der Waals surface area contributed by atoms with Crippen molar-refractivity contribution in [1.29, 1.82) is 0 Å². The number of amides is 1. The molecule has 1 saturated carbocycles. The molecule has 0 radical (unpaired) electrons. The molecule has 146 valence electrons. The third kappa shape index (κ3) is 4.39. The number of aryl methyl sites for hydroxylation is 2. The number of rotatable bonds is 5. The minimum absolute atomic E-state index is 0. The van der Waals surface area contributed by atoms with Gasteiger partial charge in [-0.05, 0) is 85.1 Å². The normalized spacial score (nSPS) is 20.1. The van der Waals surface area contributed by atoms with E-state index in [-0.39, 0.29) is 18.3 Å². The Morgan fingerprint density at radius 1 is 1.26 bits per heavy atom. The fourth-order valence-corrected chi connectivity index (χ4v) is 5.10. The molecule has 3 nitrogen and oxygen atoms in total. The highest BCUT2D eigenvalue weighted by atomic mass is 35.5. The average Bonchev–Trinajstić information content (AvgIpc) is 3.06. The molecule has 2 fully saturated rings. The monoisotopic (exact) mass is 404 g/mol. The molecule has 2 heterocycles. The van der Waals surface area contributed by atoms with Crippen LogP contribution in [0.4, 0.5) is 0 Å². The number of piperidine rings is 1. The van der Waals surface area contributed by atoms with E-state index in [4.69, 9.17) is 0 Å². The van der Waals surface area contributed by atoms with Crippen molar-refractivity contribution in [3.63, 3.8) is 0 Å². The zero-order valence-electron chi connectivity index (χ0n) is 16.2. The van der Waals surface area contributed by atoms with Crippen molar-refractivity contribution in [3.05, 3.63) is 57.3 Å². The van der Waals surface area contributed by atoms with E-state index in [0.29, 0.717) is 17.9 Å². The summed E-state index contributed by atoms with van der Waals surface area (Å²) in [6, 6.07) is 9.00. The van der Waals surface area contributed by atoms with Gasteiger partial charge in [-0.1, -0.05) is 23.8 Å². The van der Waals surface area contributed by atoms with Gasteiger partial charge in [0.1, 0.15) is 0 Å². The second-order valence-corrected chi connectivity index (χ2v) is 8.87. The maximum absolute atomic E-state index is 13.3. The Morgan fingerprint density at radius 2 is 2.04 bits per heavy atom. The Balaban J connectivity index is 0.00000210.